The normalized spacial score (nSPS) is 23.7. The molecule has 1 aromatic carbocycles. The molecule has 144 valence electrons. The van der Waals surface area contributed by atoms with Gasteiger partial charge in [0.25, 0.3) is 0 Å². The lowest BCUT2D eigenvalue weighted by molar-refractivity contribution is 0.356. The van der Waals surface area contributed by atoms with Crippen LogP contribution < -0.4 is 9.62 Å². The van der Waals surface area contributed by atoms with Crippen LogP contribution in [0.25, 0.3) is 0 Å². The second-order valence-corrected chi connectivity index (χ2v) is 8.27. The van der Waals surface area contributed by atoms with Crippen LogP contribution in [0.3, 0.4) is 0 Å². The van der Waals surface area contributed by atoms with Crippen molar-refractivity contribution < 1.29 is 13.2 Å². The summed E-state index contributed by atoms with van der Waals surface area (Å²) in [6, 6.07) is 5.94. The molecule has 1 saturated carbocycles. The molecule has 1 aliphatic carbocycles. The lowest BCUT2D eigenvalue weighted by atomic mass is 10.2. The number of hydrogen-bond donors (Lipinski definition) is 1. The van der Waals surface area contributed by atoms with Crippen LogP contribution in [0.2, 0.25) is 5.02 Å². The standard InChI is InChI=1S/C18H18ClF3N4S/c1-25(2)17-9-7-26(8-10(9)17)12-6-11(20)18(16(22)15(12)19)27-24-14-5-3-4-13(21)23-14/h3-6,9-10,17H,7-8H2,1-2H3,(H,23,24). The highest BCUT2D eigenvalue weighted by Gasteiger charge is 2.57. The van der Waals surface area contributed by atoms with Gasteiger partial charge in [-0.3, -0.25) is 0 Å². The van der Waals surface area contributed by atoms with Crippen molar-refractivity contribution in [2.75, 3.05) is 36.8 Å². The van der Waals surface area contributed by atoms with Crippen molar-refractivity contribution in [2.45, 2.75) is 10.9 Å². The number of fused-ring (bicyclic) bond motifs is 1. The Balaban J connectivity index is 1.50. The van der Waals surface area contributed by atoms with Crippen LogP contribution in [0.4, 0.5) is 24.7 Å². The number of rotatable bonds is 5. The minimum atomic E-state index is -0.828. The van der Waals surface area contributed by atoms with Crippen LogP contribution in [0.1, 0.15) is 0 Å². The predicted octanol–water partition coefficient (Wildman–Crippen LogP) is 4.27. The topological polar surface area (TPSA) is 31.4 Å². The molecule has 2 atom stereocenters. The highest BCUT2D eigenvalue weighted by molar-refractivity contribution is 8.00. The lowest BCUT2D eigenvalue weighted by Crippen LogP contribution is -2.31. The van der Waals surface area contributed by atoms with Gasteiger partial charge in [0.15, 0.2) is 5.82 Å². The molecule has 27 heavy (non-hydrogen) atoms. The van der Waals surface area contributed by atoms with Crippen LogP contribution in [-0.2, 0) is 0 Å². The predicted molar refractivity (Wildman–Crippen MR) is 102 cm³/mol. The molecule has 1 N–H and O–H groups in total. The summed E-state index contributed by atoms with van der Waals surface area (Å²) in [5, 5.41) is -0.101. The first-order chi connectivity index (χ1) is 12.9. The Morgan fingerprint density at radius 1 is 1.22 bits per heavy atom. The van der Waals surface area contributed by atoms with E-state index >= 15 is 0 Å². The molecule has 0 amide bonds. The van der Waals surface area contributed by atoms with E-state index in [1.807, 2.05) is 19.0 Å². The van der Waals surface area contributed by atoms with Gasteiger partial charge in [-0.25, -0.2) is 13.8 Å². The zero-order valence-electron chi connectivity index (χ0n) is 14.7. The second-order valence-electron chi connectivity index (χ2n) is 7.07. The molecule has 2 aromatic rings. The van der Waals surface area contributed by atoms with E-state index in [0.717, 1.165) is 13.1 Å². The van der Waals surface area contributed by atoms with Gasteiger partial charge in [0.2, 0.25) is 5.95 Å². The van der Waals surface area contributed by atoms with Crippen molar-refractivity contribution in [1.29, 1.82) is 0 Å². The quantitative estimate of drug-likeness (QED) is 0.448. The van der Waals surface area contributed by atoms with Crippen molar-refractivity contribution in [1.82, 2.24) is 9.88 Å². The summed E-state index contributed by atoms with van der Waals surface area (Å²) in [5.74, 6) is -1.04. The summed E-state index contributed by atoms with van der Waals surface area (Å²) in [5.41, 5.74) is 0.379. The molecule has 1 aromatic heterocycles. The first-order valence-electron chi connectivity index (χ1n) is 8.51. The zero-order chi connectivity index (χ0) is 19.3. The molecule has 9 heteroatoms. The summed E-state index contributed by atoms with van der Waals surface area (Å²) in [6.45, 7) is 1.48. The van der Waals surface area contributed by atoms with E-state index in [-0.39, 0.29) is 15.7 Å². The Labute approximate surface area is 164 Å². The van der Waals surface area contributed by atoms with Crippen molar-refractivity contribution >= 4 is 35.1 Å². The Morgan fingerprint density at radius 3 is 2.56 bits per heavy atom. The fraction of sp³-hybridized carbons (Fsp3) is 0.389. The molecule has 4 rings (SSSR count). The number of nitrogens with one attached hydrogen (secondary N) is 1. The molecule has 1 aliphatic heterocycles. The summed E-state index contributed by atoms with van der Waals surface area (Å²) in [6.07, 6.45) is 0. The van der Waals surface area contributed by atoms with E-state index in [4.69, 9.17) is 11.6 Å². The molecule has 0 radical (unpaired) electrons. The molecular weight excluding hydrogens is 397 g/mol. The largest absolute Gasteiger partial charge is 0.369 e. The maximum Gasteiger partial charge on any atom is 0.214 e. The minimum Gasteiger partial charge on any atom is -0.369 e. The Hall–Kier alpha value is -1.64. The number of anilines is 2. The van der Waals surface area contributed by atoms with E-state index in [2.05, 4.69) is 14.6 Å². The first-order valence-corrected chi connectivity index (χ1v) is 9.70. The monoisotopic (exact) mass is 414 g/mol. The van der Waals surface area contributed by atoms with Gasteiger partial charge in [0.1, 0.15) is 21.6 Å². The third kappa shape index (κ3) is 3.46. The highest BCUT2D eigenvalue weighted by Crippen LogP contribution is 2.50. The number of pyridine rings is 1. The zero-order valence-corrected chi connectivity index (χ0v) is 16.3. The van der Waals surface area contributed by atoms with E-state index in [1.54, 1.807) is 0 Å². The smallest absolute Gasteiger partial charge is 0.214 e. The average Bonchev–Trinajstić information content (AvgIpc) is 3.14. The number of hydrogen-bond acceptors (Lipinski definition) is 5. The molecule has 2 aliphatic rings. The van der Waals surface area contributed by atoms with Gasteiger partial charge in [-0.05, 0) is 50.0 Å². The summed E-state index contributed by atoms with van der Waals surface area (Å²) in [4.78, 5) is 7.46. The lowest BCUT2D eigenvalue weighted by Gasteiger charge is -2.25. The van der Waals surface area contributed by atoms with E-state index in [9.17, 15) is 13.2 Å². The molecule has 0 bridgehead atoms. The number of piperidine rings is 1. The van der Waals surface area contributed by atoms with Crippen LogP contribution in [-0.4, -0.2) is 43.1 Å². The van der Waals surface area contributed by atoms with Crippen LogP contribution >= 0.6 is 23.5 Å². The van der Waals surface area contributed by atoms with Gasteiger partial charge >= 0.3 is 0 Å². The molecule has 2 fully saturated rings. The summed E-state index contributed by atoms with van der Waals surface area (Å²) in [7, 11) is 4.10. The highest BCUT2D eigenvalue weighted by atomic mass is 35.5. The van der Waals surface area contributed by atoms with Gasteiger partial charge in [0.05, 0.1) is 5.69 Å². The Kier molecular flexibility index (Phi) is 4.90. The summed E-state index contributed by atoms with van der Waals surface area (Å²) >= 11 is 6.88. The molecule has 0 spiro atoms. The van der Waals surface area contributed by atoms with Crippen LogP contribution in [0.15, 0.2) is 29.2 Å². The molecule has 2 heterocycles. The van der Waals surface area contributed by atoms with Crippen molar-refractivity contribution in [3.8, 4) is 0 Å². The Morgan fingerprint density at radius 2 is 1.93 bits per heavy atom. The number of nitrogens with zero attached hydrogens (tertiary/aromatic N) is 3. The molecule has 2 unspecified atom stereocenters. The van der Waals surface area contributed by atoms with Gasteiger partial charge in [-0.2, -0.15) is 4.39 Å². The van der Waals surface area contributed by atoms with Crippen LogP contribution in [0.5, 0.6) is 0 Å². The van der Waals surface area contributed by atoms with Crippen LogP contribution in [0, 0.1) is 29.4 Å². The van der Waals surface area contributed by atoms with Crippen molar-refractivity contribution in [3.05, 3.63) is 46.9 Å². The molecule has 1 saturated heterocycles. The fourth-order valence-electron chi connectivity index (χ4n) is 3.92. The van der Waals surface area contributed by atoms with Gasteiger partial charge < -0.3 is 14.5 Å². The van der Waals surface area contributed by atoms with Crippen molar-refractivity contribution in [3.63, 3.8) is 0 Å². The third-order valence-electron chi connectivity index (χ3n) is 5.16. The maximum absolute atomic E-state index is 14.7. The summed E-state index contributed by atoms with van der Waals surface area (Å²) < 4.78 is 45.0. The SMILES string of the molecule is CN(C)C1C2CN(c3cc(F)c(SNc4cccc(F)n4)c(F)c3Cl)CC21. The Bertz CT molecular complexity index is 870. The third-order valence-corrected chi connectivity index (χ3v) is 6.40. The second kappa shape index (κ2) is 7.07. The number of halogens is 4. The van der Waals surface area contributed by atoms with Crippen molar-refractivity contribution in [2.24, 2.45) is 11.8 Å². The minimum absolute atomic E-state index is 0.101. The number of benzene rings is 1. The average molecular weight is 415 g/mol. The molecular formula is C18H18ClF3N4S. The van der Waals surface area contributed by atoms with Gasteiger partial charge in [0, 0.05) is 25.2 Å². The maximum atomic E-state index is 14.7. The van der Waals surface area contributed by atoms with E-state index in [0.29, 0.717) is 35.5 Å². The van der Waals surface area contributed by atoms with E-state index in [1.165, 1.54) is 24.3 Å². The van der Waals surface area contributed by atoms with Gasteiger partial charge in [-0.1, -0.05) is 17.7 Å². The van der Waals surface area contributed by atoms with E-state index < -0.39 is 17.6 Å². The number of aromatic nitrogens is 1. The molecule has 4 nitrogen and oxygen atoms in total. The fourth-order valence-corrected chi connectivity index (χ4v) is 4.91. The van der Waals surface area contributed by atoms with Gasteiger partial charge in [-0.15, -0.1) is 0 Å². The first kappa shape index (κ1) is 18.7.